The highest BCUT2D eigenvalue weighted by atomic mass is 19.4. The number of rotatable bonds is 14. The van der Waals surface area contributed by atoms with Crippen molar-refractivity contribution >= 4 is 40.3 Å². The second-order valence-corrected chi connectivity index (χ2v) is 26.6. The number of halogens is 3. The number of methoxy groups -OCH3 is 1. The lowest BCUT2D eigenvalue weighted by Gasteiger charge is -2.38. The van der Waals surface area contributed by atoms with Crippen molar-refractivity contribution in [3.8, 4) is 22.5 Å². The van der Waals surface area contributed by atoms with Crippen molar-refractivity contribution in [2.45, 2.75) is 161 Å². The predicted octanol–water partition coefficient (Wildman–Crippen LogP) is 7.14. The van der Waals surface area contributed by atoms with E-state index in [0.717, 1.165) is 44.7 Å². The minimum absolute atomic E-state index is 0.00223. The van der Waals surface area contributed by atoms with Crippen LogP contribution in [0.15, 0.2) is 41.1 Å². The van der Waals surface area contributed by atoms with Crippen LogP contribution in [0, 0.1) is 22.7 Å². The highest BCUT2D eigenvalue weighted by Gasteiger charge is 2.59. The second-order valence-electron chi connectivity index (χ2n) is 26.6. The summed E-state index contributed by atoms with van der Waals surface area (Å²) < 4.78 is 71.9. The number of anilines is 1. The molecule has 0 radical (unpaired) electrons. The Hall–Kier alpha value is -5.65. The molecule has 2 saturated carbocycles. The van der Waals surface area contributed by atoms with Crippen molar-refractivity contribution in [2.75, 3.05) is 91.2 Å². The van der Waals surface area contributed by atoms with E-state index in [1.165, 1.54) is 41.5 Å². The number of carbonyl (C=O) groups excluding carboxylic acids is 4. The van der Waals surface area contributed by atoms with Crippen LogP contribution in [0.4, 0.5) is 18.9 Å². The van der Waals surface area contributed by atoms with Crippen LogP contribution in [0.1, 0.15) is 122 Å². The smallest absolute Gasteiger partial charge is 0.406 e. The van der Waals surface area contributed by atoms with Gasteiger partial charge in [-0.15, -0.1) is 0 Å². The van der Waals surface area contributed by atoms with E-state index < -0.39 is 60.3 Å². The van der Waals surface area contributed by atoms with Crippen LogP contribution in [0.2, 0.25) is 0 Å². The molecule has 6 bridgehead atoms. The molecule has 1 unspecified atom stereocenters. The highest BCUT2D eigenvalue weighted by molar-refractivity contribution is 5.96. The summed E-state index contributed by atoms with van der Waals surface area (Å²) in [7, 11) is 3.61. The lowest BCUT2D eigenvalue weighted by atomic mass is 9.84. The molecule has 7 fully saturated rings. The van der Waals surface area contributed by atoms with E-state index in [9.17, 15) is 9.59 Å². The molecule has 4 aromatic rings. The van der Waals surface area contributed by atoms with Gasteiger partial charge < -0.3 is 38.3 Å². The molecule has 3 amide bonds. The standard InChI is InChI=1S/C62H84F3N11O8/c1-9-82-54-49(68-55(77)50(36(2)3)73-21-18-61(32-73)19-22-74(33-61)58(79)53-51(70(53)7)38-12-13-38)57(78)76-20-10-11-45(69-76)59(80)84-35-60(5,6)29-44-42-27-39(46-31-83-56(54)67-46)14-17-47(42)75(34-62(63,64)65)52(44)43-28-41(30-66-48(43)37(4)81-8)72-25-23-71(24-26-72)40-15-16-40/h14,17,27-28,30-31,36-38,40,45,49-51,53-54,69H,9-13,15-16,18-26,29,32-35H2,1-8H3,(H,68,77)/t37-,45-,49-,50-,51+,53+,54-,61-,70?/m0/s1. The number of nitrogens with one attached hydrogen (secondary N) is 2. The van der Waals surface area contributed by atoms with Gasteiger partial charge in [-0.25, -0.2) is 10.4 Å². The summed E-state index contributed by atoms with van der Waals surface area (Å²) >= 11 is 0. The van der Waals surface area contributed by atoms with Crippen molar-refractivity contribution in [2.24, 2.45) is 22.7 Å². The van der Waals surface area contributed by atoms with Crippen molar-refractivity contribution in [3.63, 3.8) is 0 Å². The van der Waals surface area contributed by atoms with Gasteiger partial charge in [-0.3, -0.25) is 43.9 Å². The summed E-state index contributed by atoms with van der Waals surface area (Å²) in [5.41, 5.74) is 6.05. The zero-order chi connectivity index (χ0) is 59.1. The first-order chi connectivity index (χ1) is 40.1. The van der Waals surface area contributed by atoms with E-state index in [4.69, 9.17) is 28.6 Å². The van der Waals surface area contributed by atoms with Gasteiger partial charge in [-0.1, -0.05) is 33.8 Å². The molecular formula is C62H84F3N11O8. The first-order valence-corrected chi connectivity index (χ1v) is 30.7. The third-order valence-corrected chi connectivity index (χ3v) is 19.4. The number of aromatic nitrogens is 3. The fourth-order valence-electron chi connectivity index (χ4n) is 14.6. The molecule has 9 heterocycles. The Bertz CT molecular complexity index is 3130. The van der Waals surface area contributed by atoms with Crippen molar-refractivity contribution < 1.29 is 51.0 Å². The molecule has 3 aromatic heterocycles. The zero-order valence-corrected chi connectivity index (χ0v) is 50.0. The molecule has 2 N–H and O–H groups in total. The van der Waals surface area contributed by atoms with Crippen LogP contribution < -0.4 is 15.6 Å². The molecule has 5 saturated heterocycles. The van der Waals surface area contributed by atoms with Crippen LogP contribution in [0.5, 0.6) is 0 Å². The number of likely N-dealkylation sites (N-methyl/N-ethyl adjacent to an activating group) is 1. The number of piperazine rings is 1. The molecule has 8 aliphatic rings. The van der Waals surface area contributed by atoms with E-state index >= 15 is 22.8 Å². The van der Waals surface area contributed by atoms with E-state index in [2.05, 4.69) is 37.4 Å². The Morgan fingerprint density at radius 1 is 0.964 bits per heavy atom. The fraction of sp³-hybridized carbons (Fsp3) is 0.677. The third kappa shape index (κ3) is 11.7. The van der Waals surface area contributed by atoms with Crippen LogP contribution in [0.25, 0.3) is 33.4 Å². The van der Waals surface area contributed by atoms with Crippen molar-refractivity contribution in [1.29, 1.82) is 0 Å². The molecular weight excluding hydrogens is 1080 g/mol. The Morgan fingerprint density at radius 3 is 2.43 bits per heavy atom. The van der Waals surface area contributed by atoms with Crippen molar-refractivity contribution in [1.82, 2.24) is 49.9 Å². The number of likely N-dealkylation sites (tertiary alicyclic amines) is 2. The number of carbonyl (C=O) groups is 4. The highest BCUT2D eigenvalue weighted by Crippen LogP contribution is 2.49. The number of fused-ring (bicyclic) bond motifs is 6. The van der Waals surface area contributed by atoms with Gasteiger partial charge in [0.15, 0.2) is 6.10 Å². The fourth-order valence-corrected chi connectivity index (χ4v) is 14.6. The molecule has 22 heteroatoms. The van der Waals surface area contributed by atoms with Crippen LogP contribution in [-0.2, 0) is 46.4 Å². The van der Waals surface area contributed by atoms with E-state index in [0.29, 0.717) is 102 Å². The van der Waals surface area contributed by atoms with E-state index in [1.54, 1.807) is 32.4 Å². The minimum atomic E-state index is -4.64. The lowest BCUT2D eigenvalue weighted by Crippen LogP contribution is -2.63. The summed E-state index contributed by atoms with van der Waals surface area (Å²) in [5, 5.41) is 5.03. The summed E-state index contributed by atoms with van der Waals surface area (Å²) in [6, 6.07) is 5.09. The number of amides is 3. The number of cyclic esters (lactones) is 1. The van der Waals surface area contributed by atoms with E-state index in [1.807, 2.05) is 51.7 Å². The van der Waals surface area contributed by atoms with Gasteiger partial charge >= 0.3 is 12.1 Å². The second kappa shape index (κ2) is 22.9. The third-order valence-electron chi connectivity index (χ3n) is 19.4. The van der Waals surface area contributed by atoms with Crippen LogP contribution >= 0.6 is 0 Å². The van der Waals surface area contributed by atoms with Gasteiger partial charge in [0.2, 0.25) is 17.7 Å². The number of esters is 1. The maximum atomic E-state index is 15.3. The zero-order valence-electron chi connectivity index (χ0n) is 50.0. The topological polar surface area (TPSA) is 183 Å². The monoisotopic (exact) mass is 1170 g/mol. The normalized spacial score (nSPS) is 28.7. The predicted molar refractivity (Wildman–Crippen MR) is 308 cm³/mol. The van der Waals surface area contributed by atoms with Gasteiger partial charge in [-0.05, 0) is 121 Å². The molecule has 19 nitrogen and oxygen atoms in total. The van der Waals surface area contributed by atoms with Crippen LogP contribution in [-0.4, -0.2) is 192 Å². The molecule has 9 atom stereocenters. The number of hydrogen-bond donors (Lipinski definition) is 2. The molecule has 12 rings (SSSR count). The molecule has 1 aromatic carbocycles. The number of ether oxygens (including phenoxy) is 3. The number of hydrogen-bond acceptors (Lipinski definition) is 15. The largest absolute Gasteiger partial charge is 0.464 e. The number of benzene rings is 1. The summed E-state index contributed by atoms with van der Waals surface area (Å²) in [4.78, 5) is 79.8. The number of hydrazine groups is 1. The van der Waals surface area contributed by atoms with Crippen molar-refractivity contribution in [3.05, 3.63) is 53.9 Å². The lowest BCUT2D eigenvalue weighted by molar-refractivity contribution is -0.157. The first-order valence-electron chi connectivity index (χ1n) is 30.7. The average Bonchev–Trinajstić information content (AvgIpc) is 2.92. The minimum Gasteiger partial charge on any atom is -0.464 e. The average molecular weight is 1170 g/mol. The quantitative estimate of drug-likeness (QED) is 0.0960. The number of alkyl halides is 3. The maximum Gasteiger partial charge on any atom is 0.406 e. The molecule has 6 aliphatic heterocycles. The van der Waals surface area contributed by atoms with Gasteiger partial charge in [0.25, 0.3) is 5.91 Å². The van der Waals surface area contributed by atoms with Gasteiger partial charge in [0.1, 0.15) is 36.6 Å². The summed E-state index contributed by atoms with van der Waals surface area (Å²) in [6.45, 7) is 16.2. The van der Waals surface area contributed by atoms with Gasteiger partial charge in [0, 0.05) is 111 Å². The summed E-state index contributed by atoms with van der Waals surface area (Å²) in [5.74, 6) is -0.898. The van der Waals surface area contributed by atoms with Crippen LogP contribution in [0.3, 0.4) is 0 Å². The molecule has 84 heavy (non-hydrogen) atoms. The Balaban J connectivity index is 0.907. The van der Waals surface area contributed by atoms with E-state index in [-0.39, 0.29) is 61.3 Å². The maximum absolute atomic E-state index is 15.3. The Morgan fingerprint density at radius 2 is 1.73 bits per heavy atom. The first kappa shape index (κ1) is 58.7. The SMILES string of the molecule is CCO[C@@H]1c2nc(co2)-c2ccc3c(c2)c(c(-c2cc(N4CCN(C5CC5)CC4)cnc2[C@H](C)OC)n3CC(F)(F)F)CC(C)(C)COC(=O)[C@@H]2CCCN(N2)C(=O)[C@H]1NC(=O)[C@H](C(C)C)N1CC[C@]2(CCN(C(=O)[C@H]3[C@@H](C4CC4)N3C)C2)C1. The molecule has 1 spiro atoms. The van der Waals surface area contributed by atoms with Gasteiger partial charge in [-0.2, -0.15) is 13.2 Å². The molecule has 456 valence electrons. The number of pyridine rings is 1. The van der Waals surface area contributed by atoms with Gasteiger partial charge in [0.05, 0.1) is 42.0 Å². The Labute approximate surface area is 490 Å². The Kier molecular flexibility index (Phi) is 16.0. The summed E-state index contributed by atoms with van der Waals surface area (Å²) in [6.07, 6.45) is 4.16. The number of oxazole rings is 1. The molecule has 2 aliphatic carbocycles. The number of nitrogens with zero attached hydrogens (tertiary/aromatic N) is 9.